The highest BCUT2D eigenvalue weighted by Gasteiger charge is 2.16. The molecule has 0 aromatic carbocycles. The van der Waals surface area contributed by atoms with Crippen LogP contribution in [-0.2, 0) is 9.59 Å². The third kappa shape index (κ3) is 1.47. The highest BCUT2D eigenvalue weighted by molar-refractivity contribution is 6.33. The number of carbonyl (C=O) groups excluding carboxylic acids is 2. The minimum Gasteiger partial charge on any atom is -0.290 e. The average Bonchev–Trinajstić information content (AvgIpc) is 2.23. The van der Waals surface area contributed by atoms with Gasteiger partial charge in [-0.15, -0.1) is 0 Å². The van der Waals surface area contributed by atoms with Crippen molar-refractivity contribution in [3.05, 3.63) is 36.7 Å². The van der Waals surface area contributed by atoms with Crippen LogP contribution in [-0.4, -0.2) is 26.5 Å². The van der Waals surface area contributed by atoms with Crippen LogP contribution in [0.4, 0.5) is 0 Å². The maximum absolute atomic E-state index is 11.3. The van der Waals surface area contributed by atoms with Crippen LogP contribution in [0, 0.1) is 0 Å². The van der Waals surface area contributed by atoms with Gasteiger partial charge in [-0.3, -0.25) is 9.59 Å². The lowest BCUT2D eigenvalue weighted by molar-refractivity contribution is -0.113. The maximum atomic E-state index is 11.3. The minimum absolute atomic E-state index is 0.208. The van der Waals surface area contributed by atoms with Gasteiger partial charge in [0.15, 0.2) is 17.4 Å². The van der Waals surface area contributed by atoms with E-state index < -0.39 is 0 Å². The Morgan fingerprint density at radius 1 is 1.00 bits per heavy atom. The van der Waals surface area contributed by atoms with Gasteiger partial charge in [0.2, 0.25) is 0 Å². The van der Waals surface area contributed by atoms with Gasteiger partial charge in [-0.25, -0.2) is 15.0 Å². The third-order valence-corrected chi connectivity index (χ3v) is 1.69. The van der Waals surface area contributed by atoms with Crippen molar-refractivity contribution in [2.45, 2.75) is 0 Å². The van der Waals surface area contributed by atoms with Crippen LogP contribution in [0.2, 0.25) is 0 Å². The number of nitrogens with zero attached hydrogens (tertiary/aromatic N) is 3. The first-order valence-electron chi connectivity index (χ1n) is 3.88. The van der Waals surface area contributed by atoms with E-state index in [2.05, 4.69) is 15.0 Å². The summed E-state index contributed by atoms with van der Waals surface area (Å²) >= 11 is 0. The van der Waals surface area contributed by atoms with Gasteiger partial charge in [-0.2, -0.15) is 0 Å². The van der Waals surface area contributed by atoms with Crippen LogP contribution in [0.3, 0.4) is 0 Å². The summed E-state index contributed by atoms with van der Waals surface area (Å²) in [6, 6.07) is 0. The molecule has 1 heterocycles. The third-order valence-electron chi connectivity index (χ3n) is 1.69. The van der Waals surface area contributed by atoms with Crippen molar-refractivity contribution in [1.82, 2.24) is 15.0 Å². The molecule has 1 aliphatic rings. The van der Waals surface area contributed by atoms with Crippen molar-refractivity contribution in [1.29, 1.82) is 0 Å². The Balaban J connectivity index is 2.45. The van der Waals surface area contributed by atoms with Crippen LogP contribution in [0.25, 0.3) is 5.57 Å². The number of carbonyl (C=O) groups is 2. The zero-order valence-corrected chi connectivity index (χ0v) is 7.04. The van der Waals surface area contributed by atoms with Gasteiger partial charge >= 0.3 is 0 Å². The lowest BCUT2D eigenvalue weighted by Crippen LogP contribution is -2.09. The van der Waals surface area contributed by atoms with E-state index in [9.17, 15) is 9.59 Å². The van der Waals surface area contributed by atoms with Crippen LogP contribution in [0.1, 0.15) is 5.82 Å². The molecular weight excluding hydrogens is 182 g/mol. The number of ketones is 2. The second-order valence-electron chi connectivity index (χ2n) is 2.62. The first kappa shape index (κ1) is 8.43. The molecular formula is C9H5N3O2. The average molecular weight is 187 g/mol. The maximum Gasteiger partial charge on any atom is 0.189 e. The van der Waals surface area contributed by atoms with Gasteiger partial charge < -0.3 is 0 Å². The van der Waals surface area contributed by atoms with E-state index in [1.54, 1.807) is 0 Å². The summed E-state index contributed by atoms with van der Waals surface area (Å²) in [4.78, 5) is 33.5. The fourth-order valence-electron chi connectivity index (χ4n) is 1.06. The summed E-state index contributed by atoms with van der Waals surface area (Å²) in [5, 5.41) is 0. The Kier molecular flexibility index (Phi) is 1.98. The van der Waals surface area contributed by atoms with Crippen LogP contribution in [0.15, 0.2) is 30.9 Å². The summed E-state index contributed by atoms with van der Waals surface area (Å²) in [5.41, 5.74) is 0.208. The zero-order chi connectivity index (χ0) is 9.97. The Bertz CT molecular complexity index is 448. The Morgan fingerprint density at radius 3 is 2.43 bits per heavy atom. The number of hydrogen-bond acceptors (Lipinski definition) is 5. The lowest BCUT2D eigenvalue weighted by atomic mass is 10.0. The van der Waals surface area contributed by atoms with E-state index in [1.807, 2.05) is 0 Å². The molecule has 0 spiro atoms. The van der Waals surface area contributed by atoms with Crippen molar-refractivity contribution in [3.8, 4) is 0 Å². The molecule has 1 aromatic rings. The minimum atomic E-state index is -0.268. The van der Waals surface area contributed by atoms with E-state index >= 15 is 0 Å². The summed E-state index contributed by atoms with van der Waals surface area (Å²) in [7, 11) is 0. The van der Waals surface area contributed by atoms with E-state index in [4.69, 9.17) is 0 Å². The van der Waals surface area contributed by atoms with Crippen LogP contribution >= 0.6 is 0 Å². The number of aromatic nitrogens is 3. The molecule has 0 amide bonds. The largest absolute Gasteiger partial charge is 0.290 e. The molecule has 0 saturated carbocycles. The van der Waals surface area contributed by atoms with Crippen LogP contribution in [0.5, 0.6) is 0 Å². The monoisotopic (exact) mass is 187 g/mol. The molecule has 0 radical (unpaired) electrons. The molecule has 0 unspecified atom stereocenters. The normalized spacial score (nSPS) is 15.6. The van der Waals surface area contributed by atoms with E-state index in [1.165, 1.54) is 30.9 Å². The standard InChI is InChI=1S/C9H5N3O2/c13-6-1-2-8(14)7(3-6)9-11-4-10-5-12-9/h1-5H. The Hall–Kier alpha value is -2.17. The summed E-state index contributed by atoms with van der Waals surface area (Å²) in [6.45, 7) is 0. The van der Waals surface area contributed by atoms with Gasteiger partial charge in [0, 0.05) is 6.08 Å². The van der Waals surface area contributed by atoms with Crippen molar-refractivity contribution < 1.29 is 9.59 Å². The quantitative estimate of drug-likeness (QED) is 0.577. The van der Waals surface area contributed by atoms with Gasteiger partial charge in [0.1, 0.15) is 12.7 Å². The lowest BCUT2D eigenvalue weighted by Gasteiger charge is -2.03. The molecule has 0 fully saturated rings. The predicted molar refractivity (Wildman–Crippen MR) is 47.0 cm³/mol. The molecule has 68 valence electrons. The van der Waals surface area contributed by atoms with Crippen molar-refractivity contribution in [2.75, 3.05) is 0 Å². The van der Waals surface area contributed by atoms with Gasteiger partial charge in [-0.05, 0) is 12.2 Å². The molecule has 0 saturated heterocycles. The fraction of sp³-hybridized carbons (Fsp3) is 0. The predicted octanol–water partition coefficient (Wildman–Crippen LogP) is -0.0370. The van der Waals surface area contributed by atoms with Gasteiger partial charge in [-0.1, -0.05) is 0 Å². The smallest absolute Gasteiger partial charge is 0.189 e. The summed E-state index contributed by atoms with van der Waals surface area (Å²) in [6.07, 6.45) is 6.20. The zero-order valence-electron chi connectivity index (χ0n) is 7.04. The van der Waals surface area contributed by atoms with E-state index in [0.29, 0.717) is 0 Å². The first-order valence-corrected chi connectivity index (χ1v) is 3.88. The molecule has 1 aromatic heterocycles. The van der Waals surface area contributed by atoms with Crippen LogP contribution < -0.4 is 0 Å². The second-order valence-corrected chi connectivity index (χ2v) is 2.62. The topological polar surface area (TPSA) is 72.8 Å². The Labute approximate surface area is 79.2 Å². The van der Waals surface area contributed by atoms with Crippen molar-refractivity contribution >= 4 is 17.1 Å². The number of allylic oxidation sites excluding steroid dienone is 4. The number of rotatable bonds is 1. The fourth-order valence-corrected chi connectivity index (χ4v) is 1.06. The molecule has 0 aliphatic heterocycles. The molecule has 0 N–H and O–H groups in total. The molecule has 2 rings (SSSR count). The first-order chi connectivity index (χ1) is 6.77. The highest BCUT2D eigenvalue weighted by atomic mass is 16.1. The number of hydrogen-bond donors (Lipinski definition) is 0. The molecule has 1 aliphatic carbocycles. The van der Waals surface area contributed by atoms with E-state index in [0.717, 1.165) is 0 Å². The molecule has 5 nitrogen and oxygen atoms in total. The summed E-state index contributed by atoms with van der Waals surface area (Å²) in [5.74, 6) is -0.279. The Morgan fingerprint density at radius 2 is 1.71 bits per heavy atom. The van der Waals surface area contributed by atoms with Crippen molar-refractivity contribution in [2.24, 2.45) is 0 Å². The summed E-state index contributed by atoms with van der Waals surface area (Å²) < 4.78 is 0. The molecule has 0 atom stereocenters. The van der Waals surface area contributed by atoms with Gasteiger partial charge in [0.05, 0.1) is 5.57 Å². The van der Waals surface area contributed by atoms with Gasteiger partial charge in [0.25, 0.3) is 0 Å². The molecule has 0 bridgehead atoms. The second kappa shape index (κ2) is 3.29. The SMILES string of the molecule is O=C1C=CC(=O)C(c2ncncn2)=C1. The van der Waals surface area contributed by atoms with E-state index in [-0.39, 0.29) is 23.0 Å². The molecule has 5 heteroatoms. The highest BCUT2D eigenvalue weighted by Crippen LogP contribution is 2.13. The molecule has 14 heavy (non-hydrogen) atoms. The van der Waals surface area contributed by atoms with Crippen molar-refractivity contribution in [3.63, 3.8) is 0 Å².